The van der Waals surface area contributed by atoms with Crippen LogP contribution in [-0.4, -0.2) is 12.7 Å². The van der Waals surface area contributed by atoms with Crippen LogP contribution in [0, 0.1) is 11.3 Å². The standard InChI is InChI=1S/C19H22F3NO/c1-24-18(11-3-2-4-14-23)12-9-16(10-13-18)15-5-7-17(8-6-15)19(20,21)22/h2,4-8,16H,3,9-13H2,1H3. The highest BCUT2D eigenvalue weighted by Gasteiger charge is 2.35. The summed E-state index contributed by atoms with van der Waals surface area (Å²) >= 11 is 0. The van der Waals surface area contributed by atoms with E-state index in [0.717, 1.165) is 44.1 Å². The summed E-state index contributed by atoms with van der Waals surface area (Å²) in [6.07, 6.45) is 4.29. The minimum Gasteiger partial charge on any atom is -0.378 e. The Morgan fingerprint density at radius 1 is 1.25 bits per heavy atom. The molecule has 0 aliphatic heterocycles. The lowest BCUT2D eigenvalue weighted by Gasteiger charge is -2.39. The molecule has 130 valence electrons. The number of benzene rings is 1. The minimum absolute atomic E-state index is 0.178. The summed E-state index contributed by atoms with van der Waals surface area (Å²) in [6.45, 7) is 0. The number of alkyl halides is 3. The normalized spacial score (nSPS) is 24.9. The van der Waals surface area contributed by atoms with Crippen molar-refractivity contribution in [1.82, 2.24) is 0 Å². The van der Waals surface area contributed by atoms with Crippen LogP contribution in [0.15, 0.2) is 36.4 Å². The van der Waals surface area contributed by atoms with Gasteiger partial charge in [0, 0.05) is 13.2 Å². The summed E-state index contributed by atoms with van der Waals surface area (Å²) in [5, 5.41) is 8.52. The van der Waals surface area contributed by atoms with Crippen LogP contribution in [0.1, 0.15) is 55.6 Å². The fourth-order valence-corrected chi connectivity index (χ4v) is 3.46. The fourth-order valence-electron chi connectivity index (χ4n) is 3.46. The molecule has 1 aliphatic carbocycles. The molecule has 1 aromatic rings. The van der Waals surface area contributed by atoms with Crippen molar-refractivity contribution in [3.63, 3.8) is 0 Å². The predicted octanol–water partition coefficient (Wildman–Crippen LogP) is 5.61. The lowest BCUT2D eigenvalue weighted by Crippen LogP contribution is -2.35. The molecule has 1 aliphatic rings. The SMILES string of the molecule is COC1(CCC=CC#N)CCC(c2ccc(C(F)(F)F)cc2)CC1. The van der Waals surface area contributed by atoms with E-state index < -0.39 is 11.7 Å². The monoisotopic (exact) mass is 337 g/mol. The highest BCUT2D eigenvalue weighted by molar-refractivity contribution is 5.27. The van der Waals surface area contributed by atoms with Crippen molar-refractivity contribution in [2.45, 2.75) is 56.2 Å². The maximum absolute atomic E-state index is 12.6. The van der Waals surface area contributed by atoms with Gasteiger partial charge >= 0.3 is 6.18 Å². The van der Waals surface area contributed by atoms with E-state index in [0.29, 0.717) is 0 Å². The van der Waals surface area contributed by atoms with Gasteiger partial charge in [-0.2, -0.15) is 18.4 Å². The molecule has 0 atom stereocenters. The molecule has 0 heterocycles. The van der Waals surface area contributed by atoms with E-state index in [4.69, 9.17) is 10.00 Å². The Balaban J connectivity index is 1.96. The number of methoxy groups -OCH3 is 1. The van der Waals surface area contributed by atoms with Gasteiger partial charge in [-0.1, -0.05) is 18.2 Å². The van der Waals surface area contributed by atoms with Crippen molar-refractivity contribution in [3.8, 4) is 6.07 Å². The van der Waals surface area contributed by atoms with Gasteiger partial charge in [-0.05, 0) is 62.1 Å². The molecule has 0 radical (unpaired) electrons. The molecule has 2 nitrogen and oxygen atoms in total. The predicted molar refractivity (Wildman–Crippen MR) is 86.4 cm³/mol. The Morgan fingerprint density at radius 2 is 1.88 bits per heavy atom. The maximum atomic E-state index is 12.6. The first-order valence-electron chi connectivity index (χ1n) is 8.17. The van der Waals surface area contributed by atoms with E-state index in [9.17, 15) is 13.2 Å². The van der Waals surface area contributed by atoms with Gasteiger partial charge in [0.1, 0.15) is 0 Å². The van der Waals surface area contributed by atoms with Gasteiger partial charge in [0.15, 0.2) is 0 Å². The number of rotatable bonds is 5. The van der Waals surface area contributed by atoms with Crippen LogP contribution in [0.4, 0.5) is 13.2 Å². The number of ether oxygens (including phenoxy) is 1. The Labute approximate surface area is 140 Å². The molecule has 0 unspecified atom stereocenters. The van der Waals surface area contributed by atoms with Crippen LogP contribution in [-0.2, 0) is 10.9 Å². The number of hydrogen-bond donors (Lipinski definition) is 0. The first-order valence-corrected chi connectivity index (χ1v) is 8.17. The van der Waals surface area contributed by atoms with Gasteiger partial charge in [0.25, 0.3) is 0 Å². The van der Waals surface area contributed by atoms with Crippen molar-refractivity contribution in [3.05, 3.63) is 47.5 Å². The molecule has 0 bridgehead atoms. The van der Waals surface area contributed by atoms with Gasteiger partial charge in [-0.3, -0.25) is 0 Å². The minimum atomic E-state index is -4.28. The van der Waals surface area contributed by atoms with Crippen LogP contribution >= 0.6 is 0 Å². The fraction of sp³-hybridized carbons (Fsp3) is 0.526. The summed E-state index contributed by atoms with van der Waals surface area (Å²) in [5.41, 5.74) is 0.192. The number of nitrogens with zero attached hydrogens (tertiary/aromatic N) is 1. The van der Waals surface area contributed by atoms with Crippen molar-refractivity contribution in [2.24, 2.45) is 0 Å². The van der Waals surface area contributed by atoms with Crippen molar-refractivity contribution < 1.29 is 17.9 Å². The molecular formula is C19H22F3NO. The molecule has 1 aromatic carbocycles. The first kappa shape index (κ1) is 18.5. The van der Waals surface area contributed by atoms with Gasteiger partial charge in [0.2, 0.25) is 0 Å². The van der Waals surface area contributed by atoms with Crippen LogP contribution in [0.2, 0.25) is 0 Å². The van der Waals surface area contributed by atoms with E-state index in [1.165, 1.54) is 18.2 Å². The van der Waals surface area contributed by atoms with Crippen LogP contribution < -0.4 is 0 Å². The average Bonchev–Trinajstić information content (AvgIpc) is 2.59. The van der Waals surface area contributed by atoms with Crippen LogP contribution in [0.5, 0.6) is 0 Å². The molecular weight excluding hydrogens is 315 g/mol. The van der Waals surface area contributed by atoms with Crippen LogP contribution in [0.3, 0.4) is 0 Å². The third-order valence-electron chi connectivity index (χ3n) is 5.00. The van der Waals surface area contributed by atoms with E-state index >= 15 is 0 Å². The van der Waals surface area contributed by atoms with Crippen molar-refractivity contribution >= 4 is 0 Å². The lowest BCUT2D eigenvalue weighted by atomic mass is 9.74. The zero-order chi connectivity index (χ0) is 17.6. The van der Waals surface area contributed by atoms with E-state index in [-0.39, 0.29) is 11.5 Å². The Kier molecular flexibility index (Phi) is 6.06. The third-order valence-corrected chi connectivity index (χ3v) is 5.00. The summed E-state index contributed by atoms with van der Waals surface area (Å²) < 4.78 is 43.7. The largest absolute Gasteiger partial charge is 0.416 e. The Bertz CT molecular complexity index is 591. The molecule has 1 saturated carbocycles. The molecule has 0 amide bonds. The van der Waals surface area contributed by atoms with Gasteiger partial charge in [-0.15, -0.1) is 0 Å². The lowest BCUT2D eigenvalue weighted by molar-refractivity contribution is -0.137. The van der Waals surface area contributed by atoms with E-state index in [1.54, 1.807) is 19.2 Å². The molecule has 0 saturated heterocycles. The quantitative estimate of drug-likeness (QED) is 0.654. The molecule has 5 heteroatoms. The third kappa shape index (κ3) is 4.61. The summed E-state index contributed by atoms with van der Waals surface area (Å²) in [7, 11) is 1.71. The Morgan fingerprint density at radius 3 is 2.38 bits per heavy atom. The average molecular weight is 337 g/mol. The summed E-state index contributed by atoms with van der Waals surface area (Å²) in [5.74, 6) is 0.283. The second-order valence-corrected chi connectivity index (χ2v) is 6.35. The molecule has 0 N–H and O–H groups in total. The highest BCUT2D eigenvalue weighted by Crippen LogP contribution is 2.42. The molecule has 0 aromatic heterocycles. The van der Waals surface area contributed by atoms with Gasteiger partial charge in [-0.25, -0.2) is 0 Å². The zero-order valence-electron chi connectivity index (χ0n) is 13.8. The number of nitriles is 1. The van der Waals surface area contributed by atoms with E-state index in [2.05, 4.69) is 0 Å². The molecule has 0 spiro atoms. The first-order chi connectivity index (χ1) is 11.4. The number of hydrogen-bond acceptors (Lipinski definition) is 2. The second-order valence-electron chi connectivity index (χ2n) is 6.35. The topological polar surface area (TPSA) is 33.0 Å². The second kappa shape index (κ2) is 7.85. The zero-order valence-corrected chi connectivity index (χ0v) is 13.8. The molecule has 2 rings (SSSR count). The maximum Gasteiger partial charge on any atom is 0.416 e. The highest BCUT2D eigenvalue weighted by atomic mass is 19.4. The molecule has 24 heavy (non-hydrogen) atoms. The van der Waals surface area contributed by atoms with Gasteiger partial charge in [0.05, 0.1) is 17.2 Å². The van der Waals surface area contributed by atoms with Crippen molar-refractivity contribution in [1.29, 1.82) is 5.26 Å². The summed E-state index contributed by atoms with van der Waals surface area (Å²) in [4.78, 5) is 0. The van der Waals surface area contributed by atoms with Gasteiger partial charge < -0.3 is 4.74 Å². The number of allylic oxidation sites excluding steroid dienone is 2. The van der Waals surface area contributed by atoms with Crippen LogP contribution in [0.25, 0.3) is 0 Å². The van der Waals surface area contributed by atoms with Crippen molar-refractivity contribution in [2.75, 3.05) is 7.11 Å². The molecule has 1 fully saturated rings. The smallest absolute Gasteiger partial charge is 0.378 e. The number of halogens is 3. The Hall–Kier alpha value is -1.80. The summed E-state index contributed by atoms with van der Waals surface area (Å²) in [6, 6.07) is 7.51. The van der Waals surface area contributed by atoms with E-state index in [1.807, 2.05) is 12.1 Å².